The number of aliphatic hydroxyl groups excluding tert-OH is 1. The number of fused-ring (bicyclic) bond motifs is 1. The monoisotopic (exact) mass is 521 g/mol. The molecule has 0 radical (unpaired) electrons. The predicted octanol–water partition coefficient (Wildman–Crippen LogP) is 3.77. The molecule has 0 atom stereocenters. The van der Waals surface area contributed by atoms with Gasteiger partial charge in [-0.25, -0.2) is 9.67 Å². The summed E-state index contributed by atoms with van der Waals surface area (Å²) in [5, 5.41) is 26.2. The number of nitrogens with zero attached hydrogens (tertiary/aromatic N) is 5. The minimum atomic E-state index is -0.967. The van der Waals surface area contributed by atoms with Crippen molar-refractivity contribution in [1.82, 2.24) is 24.2 Å². The molecule has 1 fully saturated rings. The van der Waals surface area contributed by atoms with Crippen molar-refractivity contribution in [2.24, 2.45) is 0 Å². The molecule has 0 spiro atoms. The van der Waals surface area contributed by atoms with Crippen molar-refractivity contribution in [3.05, 3.63) is 113 Å². The molecule has 0 bridgehead atoms. The zero-order chi connectivity index (χ0) is 26.8. The van der Waals surface area contributed by atoms with Crippen molar-refractivity contribution in [3.8, 4) is 16.8 Å². The molecule has 1 saturated heterocycles. The highest BCUT2D eigenvalue weighted by Gasteiger charge is 2.33. The smallest absolute Gasteiger partial charge is 0.264 e. The Morgan fingerprint density at radius 1 is 0.923 bits per heavy atom. The quantitative estimate of drug-likeness (QED) is 0.339. The van der Waals surface area contributed by atoms with Crippen LogP contribution >= 0.6 is 0 Å². The Kier molecular flexibility index (Phi) is 6.83. The first-order valence-corrected chi connectivity index (χ1v) is 13.2. The summed E-state index contributed by atoms with van der Waals surface area (Å²) in [6.45, 7) is 2.45. The van der Waals surface area contributed by atoms with Gasteiger partial charge in [-0.1, -0.05) is 66.7 Å². The molecule has 8 heteroatoms. The molecular formula is C31H31N5O3. The molecule has 0 amide bonds. The Labute approximate surface area is 226 Å². The average Bonchev–Trinajstić information content (AvgIpc) is 3.42. The van der Waals surface area contributed by atoms with E-state index in [0.29, 0.717) is 29.6 Å². The molecule has 1 aliphatic rings. The van der Waals surface area contributed by atoms with Crippen LogP contribution in [-0.2, 0) is 19.7 Å². The fourth-order valence-corrected chi connectivity index (χ4v) is 5.44. The zero-order valence-electron chi connectivity index (χ0n) is 21.6. The van der Waals surface area contributed by atoms with E-state index in [1.807, 2.05) is 66.7 Å². The lowest BCUT2D eigenvalue weighted by molar-refractivity contribution is -0.0364. The number of hydrogen-bond acceptors (Lipinski definition) is 6. The Balaban J connectivity index is 1.21. The molecule has 2 N–H and O–H groups in total. The molecule has 3 aromatic carbocycles. The van der Waals surface area contributed by atoms with Crippen molar-refractivity contribution in [3.63, 3.8) is 0 Å². The van der Waals surface area contributed by atoms with Gasteiger partial charge in [0.1, 0.15) is 11.7 Å². The summed E-state index contributed by atoms with van der Waals surface area (Å²) >= 11 is 0. The van der Waals surface area contributed by atoms with Gasteiger partial charge in [0.25, 0.3) is 5.56 Å². The first kappa shape index (κ1) is 25.2. The molecule has 0 unspecified atom stereocenters. The normalized spacial score (nSPS) is 15.5. The average molecular weight is 522 g/mol. The lowest BCUT2D eigenvalue weighted by atomic mass is 9.91. The second-order valence-corrected chi connectivity index (χ2v) is 10.3. The Morgan fingerprint density at radius 2 is 1.64 bits per heavy atom. The number of aromatic nitrogens is 4. The van der Waals surface area contributed by atoms with Gasteiger partial charge in [-0.15, -0.1) is 0 Å². The van der Waals surface area contributed by atoms with Crippen molar-refractivity contribution < 1.29 is 10.2 Å². The lowest BCUT2D eigenvalue weighted by Gasteiger charge is -2.38. The maximum absolute atomic E-state index is 13.4. The Bertz CT molecular complexity index is 1640. The van der Waals surface area contributed by atoms with E-state index >= 15 is 0 Å². The molecule has 1 aliphatic heterocycles. The largest absolute Gasteiger partial charge is 0.392 e. The molecule has 0 saturated carbocycles. The number of hydrogen-bond donors (Lipinski definition) is 2. The fraction of sp³-hybridized carbons (Fsp3) is 0.258. The second kappa shape index (κ2) is 10.6. The summed E-state index contributed by atoms with van der Waals surface area (Å²) < 4.78 is 3.12. The topological polar surface area (TPSA) is 96.4 Å². The Morgan fingerprint density at radius 3 is 2.36 bits per heavy atom. The fourth-order valence-electron chi connectivity index (χ4n) is 5.44. The van der Waals surface area contributed by atoms with E-state index in [2.05, 4.69) is 27.1 Å². The van der Waals surface area contributed by atoms with Gasteiger partial charge in [0.2, 0.25) is 0 Å². The molecule has 2 aromatic heterocycles. The third-order valence-electron chi connectivity index (χ3n) is 7.64. The van der Waals surface area contributed by atoms with Crippen LogP contribution in [0.4, 0.5) is 0 Å². The van der Waals surface area contributed by atoms with Crippen LogP contribution in [0.25, 0.3) is 27.8 Å². The van der Waals surface area contributed by atoms with Gasteiger partial charge in [0.05, 0.1) is 30.6 Å². The van der Waals surface area contributed by atoms with Gasteiger partial charge >= 0.3 is 0 Å². The summed E-state index contributed by atoms with van der Waals surface area (Å²) in [5.41, 5.74) is 3.93. The molecule has 5 aromatic rings. The minimum Gasteiger partial charge on any atom is -0.392 e. The molecular weight excluding hydrogens is 490 g/mol. The van der Waals surface area contributed by atoms with Crippen molar-refractivity contribution in [2.75, 3.05) is 13.1 Å². The zero-order valence-corrected chi connectivity index (χ0v) is 21.6. The van der Waals surface area contributed by atoms with Gasteiger partial charge in [0.15, 0.2) is 5.65 Å². The highest BCUT2D eigenvalue weighted by atomic mass is 16.3. The summed E-state index contributed by atoms with van der Waals surface area (Å²) in [5.74, 6) is 0. The summed E-state index contributed by atoms with van der Waals surface area (Å²) in [4.78, 5) is 20.3. The molecule has 6 rings (SSSR count). The van der Waals surface area contributed by atoms with Crippen LogP contribution in [0, 0.1) is 0 Å². The van der Waals surface area contributed by atoms with Crippen LogP contribution in [0.2, 0.25) is 0 Å². The maximum atomic E-state index is 13.4. The van der Waals surface area contributed by atoms with Crippen molar-refractivity contribution in [2.45, 2.75) is 38.1 Å². The highest BCUT2D eigenvalue weighted by Crippen LogP contribution is 2.28. The van der Waals surface area contributed by atoms with E-state index in [-0.39, 0.29) is 18.7 Å². The van der Waals surface area contributed by atoms with Crippen LogP contribution in [-0.4, -0.2) is 53.1 Å². The van der Waals surface area contributed by atoms with Crippen LogP contribution in [0.3, 0.4) is 0 Å². The van der Waals surface area contributed by atoms with E-state index < -0.39 is 5.60 Å². The van der Waals surface area contributed by atoms with E-state index in [9.17, 15) is 15.0 Å². The van der Waals surface area contributed by atoms with Crippen LogP contribution in [0.5, 0.6) is 0 Å². The molecule has 198 valence electrons. The van der Waals surface area contributed by atoms with Gasteiger partial charge in [-0.3, -0.25) is 14.3 Å². The molecule has 39 heavy (non-hydrogen) atoms. The first-order chi connectivity index (χ1) is 19.0. The molecule has 3 heterocycles. The van der Waals surface area contributed by atoms with Gasteiger partial charge < -0.3 is 10.2 Å². The lowest BCUT2D eigenvalue weighted by Crippen LogP contribution is -2.47. The van der Waals surface area contributed by atoms with E-state index in [4.69, 9.17) is 0 Å². The molecule has 0 aliphatic carbocycles. The number of benzene rings is 3. The van der Waals surface area contributed by atoms with Gasteiger partial charge in [0, 0.05) is 19.6 Å². The van der Waals surface area contributed by atoms with Crippen molar-refractivity contribution in [1.29, 1.82) is 0 Å². The SMILES string of the molecule is O=c1c2cnn(-c3ccc(-c4ccccc4)c(CO)c3)c2ncn1CC1(O)CCN(Cc2ccccc2)CC1. The van der Waals surface area contributed by atoms with Crippen LogP contribution in [0.15, 0.2) is 96.2 Å². The highest BCUT2D eigenvalue weighted by molar-refractivity contribution is 5.76. The molecule has 8 nitrogen and oxygen atoms in total. The van der Waals surface area contributed by atoms with E-state index in [0.717, 1.165) is 36.3 Å². The number of rotatable bonds is 7. The summed E-state index contributed by atoms with van der Waals surface area (Å²) in [6.07, 6.45) is 4.20. The minimum absolute atomic E-state index is 0.126. The summed E-state index contributed by atoms with van der Waals surface area (Å²) in [7, 11) is 0. The van der Waals surface area contributed by atoms with Gasteiger partial charge in [-0.2, -0.15) is 5.10 Å². The van der Waals surface area contributed by atoms with Crippen LogP contribution < -0.4 is 5.56 Å². The second-order valence-electron chi connectivity index (χ2n) is 10.3. The third kappa shape index (κ3) is 5.14. The first-order valence-electron chi connectivity index (χ1n) is 13.2. The van der Waals surface area contributed by atoms with Crippen LogP contribution in [0.1, 0.15) is 24.0 Å². The number of likely N-dealkylation sites (tertiary alicyclic amines) is 1. The van der Waals surface area contributed by atoms with Crippen molar-refractivity contribution >= 4 is 11.0 Å². The Hall–Kier alpha value is -4.11. The predicted molar refractivity (Wildman–Crippen MR) is 150 cm³/mol. The number of aliphatic hydroxyl groups is 2. The summed E-state index contributed by atoms with van der Waals surface area (Å²) in [6, 6.07) is 25.9. The maximum Gasteiger partial charge on any atom is 0.264 e. The van der Waals surface area contributed by atoms with Gasteiger partial charge in [-0.05, 0) is 47.2 Å². The van der Waals surface area contributed by atoms with E-state index in [1.54, 1.807) is 4.68 Å². The third-order valence-corrected chi connectivity index (χ3v) is 7.64. The van der Waals surface area contributed by atoms with E-state index in [1.165, 1.54) is 22.7 Å². The standard InChI is InChI=1S/C31H31N5O3/c37-20-25-17-26(11-12-27(25)24-9-5-2-6-10-24)36-29-28(18-33-36)30(38)35(22-32-29)21-31(39)13-15-34(16-14-31)19-23-7-3-1-4-8-23/h1-12,17-18,22,37,39H,13-16,19-21H2. The number of piperidine rings is 1.